The highest BCUT2D eigenvalue weighted by molar-refractivity contribution is 5.48. The van der Waals surface area contributed by atoms with Crippen molar-refractivity contribution in [2.24, 2.45) is 0 Å². The molecular formula is C20H27N3O. The van der Waals surface area contributed by atoms with Crippen molar-refractivity contribution in [2.45, 2.75) is 12.6 Å². The highest BCUT2D eigenvalue weighted by Gasteiger charge is 2.17. The van der Waals surface area contributed by atoms with Gasteiger partial charge < -0.3 is 15.3 Å². The van der Waals surface area contributed by atoms with E-state index in [9.17, 15) is 5.11 Å². The van der Waals surface area contributed by atoms with E-state index < -0.39 is 6.10 Å². The van der Waals surface area contributed by atoms with Gasteiger partial charge in [0.1, 0.15) is 0 Å². The number of rotatable bonds is 6. The van der Waals surface area contributed by atoms with Crippen LogP contribution in [-0.4, -0.2) is 49.8 Å². The molecule has 0 aliphatic carbocycles. The second kappa shape index (κ2) is 8.29. The van der Waals surface area contributed by atoms with Crippen molar-refractivity contribution >= 4 is 5.69 Å². The number of benzene rings is 2. The van der Waals surface area contributed by atoms with Crippen LogP contribution in [0, 0.1) is 0 Å². The number of nitrogens with one attached hydrogen (secondary N) is 1. The molecule has 4 nitrogen and oxygen atoms in total. The van der Waals surface area contributed by atoms with Crippen LogP contribution in [-0.2, 0) is 6.54 Å². The standard InChI is InChI=1S/C20H27N3O/c1-21-15-20(24)18-7-9-19(10-8-18)23-13-11-22(12-14-23)16-17-5-3-2-4-6-17/h2-10,20-21,24H,11-16H2,1H3. The lowest BCUT2D eigenvalue weighted by atomic mass is 10.1. The molecule has 1 fully saturated rings. The minimum Gasteiger partial charge on any atom is -0.387 e. The van der Waals surface area contributed by atoms with E-state index in [1.165, 1.54) is 11.3 Å². The number of likely N-dealkylation sites (N-methyl/N-ethyl adjacent to an activating group) is 1. The number of hydrogen-bond acceptors (Lipinski definition) is 4. The number of aliphatic hydroxyl groups excluding tert-OH is 1. The molecule has 0 bridgehead atoms. The molecule has 0 aromatic heterocycles. The van der Waals surface area contributed by atoms with E-state index in [1.54, 1.807) is 0 Å². The van der Waals surface area contributed by atoms with E-state index >= 15 is 0 Å². The first-order valence-corrected chi connectivity index (χ1v) is 8.70. The summed E-state index contributed by atoms with van der Waals surface area (Å²) in [6.45, 7) is 5.87. The van der Waals surface area contributed by atoms with Gasteiger partial charge in [0.25, 0.3) is 0 Å². The SMILES string of the molecule is CNCC(O)c1ccc(N2CCN(Cc3ccccc3)CC2)cc1. The lowest BCUT2D eigenvalue weighted by Gasteiger charge is -2.36. The number of nitrogens with zero attached hydrogens (tertiary/aromatic N) is 2. The van der Waals surface area contributed by atoms with Crippen LogP contribution in [0.5, 0.6) is 0 Å². The summed E-state index contributed by atoms with van der Waals surface area (Å²) in [4.78, 5) is 4.94. The number of piperazine rings is 1. The van der Waals surface area contributed by atoms with E-state index in [1.807, 2.05) is 19.2 Å². The summed E-state index contributed by atoms with van der Waals surface area (Å²) in [7, 11) is 1.85. The van der Waals surface area contributed by atoms with Crippen molar-refractivity contribution < 1.29 is 5.11 Å². The summed E-state index contributed by atoms with van der Waals surface area (Å²) in [5.74, 6) is 0. The van der Waals surface area contributed by atoms with Crippen LogP contribution in [0.4, 0.5) is 5.69 Å². The predicted molar refractivity (Wildman–Crippen MR) is 99.3 cm³/mol. The fraction of sp³-hybridized carbons (Fsp3) is 0.400. The molecule has 1 aliphatic rings. The molecule has 1 aliphatic heterocycles. The quantitative estimate of drug-likeness (QED) is 0.854. The van der Waals surface area contributed by atoms with Crippen molar-refractivity contribution in [3.05, 3.63) is 65.7 Å². The van der Waals surface area contributed by atoms with Crippen LogP contribution < -0.4 is 10.2 Å². The maximum atomic E-state index is 10.0. The number of anilines is 1. The van der Waals surface area contributed by atoms with Gasteiger partial charge in [-0.15, -0.1) is 0 Å². The van der Waals surface area contributed by atoms with Gasteiger partial charge in [0, 0.05) is 45.0 Å². The van der Waals surface area contributed by atoms with Gasteiger partial charge in [-0.25, -0.2) is 0 Å². The van der Waals surface area contributed by atoms with E-state index in [4.69, 9.17) is 0 Å². The first kappa shape index (κ1) is 17.0. The normalized spacial score (nSPS) is 17.0. The largest absolute Gasteiger partial charge is 0.387 e. The zero-order chi connectivity index (χ0) is 16.8. The van der Waals surface area contributed by atoms with E-state index in [-0.39, 0.29) is 0 Å². The van der Waals surface area contributed by atoms with Crippen LogP contribution in [0.1, 0.15) is 17.2 Å². The average Bonchev–Trinajstić information content (AvgIpc) is 2.64. The van der Waals surface area contributed by atoms with Gasteiger partial charge >= 0.3 is 0 Å². The molecule has 0 amide bonds. The molecule has 2 N–H and O–H groups in total. The summed E-state index contributed by atoms with van der Waals surface area (Å²) in [5, 5.41) is 13.0. The molecule has 3 rings (SSSR count). The van der Waals surface area contributed by atoms with E-state index in [0.717, 1.165) is 38.3 Å². The van der Waals surface area contributed by atoms with Gasteiger partial charge in [-0.05, 0) is 30.3 Å². The Kier molecular flexibility index (Phi) is 5.86. The van der Waals surface area contributed by atoms with Gasteiger partial charge in [0.05, 0.1) is 6.10 Å². The van der Waals surface area contributed by atoms with Gasteiger partial charge in [-0.1, -0.05) is 42.5 Å². The molecular weight excluding hydrogens is 298 g/mol. The van der Waals surface area contributed by atoms with Crippen LogP contribution in [0.2, 0.25) is 0 Å². The third-order valence-electron chi connectivity index (χ3n) is 4.66. The average molecular weight is 325 g/mol. The maximum Gasteiger partial charge on any atom is 0.0914 e. The minimum absolute atomic E-state index is 0.438. The summed E-state index contributed by atoms with van der Waals surface area (Å²) in [6.07, 6.45) is -0.438. The van der Waals surface area contributed by atoms with Crippen molar-refractivity contribution in [3.63, 3.8) is 0 Å². The zero-order valence-electron chi connectivity index (χ0n) is 14.4. The molecule has 0 saturated carbocycles. The van der Waals surface area contributed by atoms with Gasteiger partial charge in [-0.3, -0.25) is 4.90 Å². The summed E-state index contributed by atoms with van der Waals surface area (Å²) in [6, 6.07) is 19.0. The molecule has 1 unspecified atom stereocenters. The van der Waals surface area contributed by atoms with Crippen LogP contribution in [0.15, 0.2) is 54.6 Å². The van der Waals surface area contributed by atoms with Crippen molar-refractivity contribution in [1.82, 2.24) is 10.2 Å². The van der Waals surface area contributed by atoms with Gasteiger partial charge in [0.2, 0.25) is 0 Å². The second-order valence-electron chi connectivity index (χ2n) is 6.41. The molecule has 24 heavy (non-hydrogen) atoms. The number of hydrogen-bond donors (Lipinski definition) is 2. The smallest absolute Gasteiger partial charge is 0.0914 e. The summed E-state index contributed by atoms with van der Waals surface area (Å²) >= 11 is 0. The highest BCUT2D eigenvalue weighted by Crippen LogP contribution is 2.21. The molecule has 1 atom stereocenters. The Bertz CT molecular complexity index is 607. The Balaban J connectivity index is 1.53. The predicted octanol–water partition coefficient (Wildman–Crippen LogP) is 2.26. The second-order valence-corrected chi connectivity index (χ2v) is 6.41. The lowest BCUT2D eigenvalue weighted by Crippen LogP contribution is -2.45. The Labute approximate surface area is 144 Å². The maximum absolute atomic E-state index is 10.0. The van der Waals surface area contributed by atoms with Crippen molar-refractivity contribution in [3.8, 4) is 0 Å². The van der Waals surface area contributed by atoms with Gasteiger partial charge in [-0.2, -0.15) is 0 Å². The molecule has 1 heterocycles. The van der Waals surface area contributed by atoms with Crippen LogP contribution >= 0.6 is 0 Å². The molecule has 2 aromatic carbocycles. The third kappa shape index (κ3) is 4.35. The first-order chi connectivity index (χ1) is 11.8. The van der Waals surface area contributed by atoms with E-state index in [0.29, 0.717) is 6.54 Å². The fourth-order valence-corrected chi connectivity index (χ4v) is 3.22. The lowest BCUT2D eigenvalue weighted by molar-refractivity contribution is 0.178. The van der Waals surface area contributed by atoms with Crippen molar-refractivity contribution in [1.29, 1.82) is 0 Å². The topological polar surface area (TPSA) is 38.7 Å². The minimum atomic E-state index is -0.438. The molecule has 1 saturated heterocycles. The molecule has 0 radical (unpaired) electrons. The zero-order valence-corrected chi connectivity index (χ0v) is 14.4. The third-order valence-corrected chi connectivity index (χ3v) is 4.66. The fourth-order valence-electron chi connectivity index (χ4n) is 3.22. The highest BCUT2D eigenvalue weighted by atomic mass is 16.3. The van der Waals surface area contributed by atoms with E-state index in [2.05, 4.69) is 57.6 Å². The Morgan fingerprint density at radius 2 is 1.62 bits per heavy atom. The first-order valence-electron chi connectivity index (χ1n) is 8.70. The Morgan fingerprint density at radius 1 is 0.958 bits per heavy atom. The van der Waals surface area contributed by atoms with Crippen LogP contribution in [0.3, 0.4) is 0 Å². The van der Waals surface area contributed by atoms with Crippen molar-refractivity contribution in [2.75, 3.05) is 44.7 Å². The van der Waals surface area contributed by atoms with Gasteiger partial charge in [0.15, 0.2) is 0 Å². The summed E-state index contributed by atoms with van der Waals surface area (Å²) < 4.78 is 0. The molecule has 2 aromatic rings. The Morgan fingerprint density at radius 3 is 2.25 bits per heavy atom. The summed E-state index contributed by atoms with van der Waals surface area (Å²) in [5.41, 5.74) is 3.60. The molecule has 0 spiro atoms. The monoisotopic (exact) mass is 325 g/mol. The van der Waals surface area contributed by atoms with Crippen LogP contribution in [0.25, 0.3) is 0 Å². The molecule has 4 heteroatoms. The Hall–Kier alpha value is -1.88. The molecule has 128 valence electrons. The number of aliphatic hydroxyl groups is 1.